The van der Waals surface area contributed by atoms with Crippen molar-refractivity contribution in [3.8, 4) is 28.8 Å². The standard InChI is InChI=1S/C29H30ClN3O4/c1-5-17-32(28(34)21-9-8-10-24(18-21)35-3)19-25-20(2)31-33(23-15-13-22(30)14-16-23)29(25)37-27-12-7-6-11-26(27)36-4/h6-16,18H,5,17,19H2,1-4H3. The van der Waals surface area contributed by atoms with Gasteiger partial charge in [-0.1, -0.05) is 36.7 Å². The van der Waals surface area contributed by atoms with Gasteiger partial charge in [0.05, 0.1) is 37.7 Å². The number of halogens is 1. The SMILES string of the molecule is CCCN(Cc1c(C)nn(-c2ccc(Cl)cc2)c1Oc1ccccc1OC)C(=O)c1cccc(OC)c1. The predicted octanol–water partition coefficient (Wildman–Crippen LogP) is 6.70. The highest BCUT2D eigenvalue weighted by Gasteiger charge is 2.25. The summed E-state index contributed by atoms with van der Waals surface area (Å²) in [7, 11) is 3.18. The highest BCUT2D eigenvalue weighted by atomic mass is 35.5. The second kappa shape index (κ2) is 11.8. The van der Waals surface area contributed by atoms with Crippen LogP contribution in [0.2, 0.25) is 5.02 Å². The molecule has 3 aromatic carbocycles. The Morgan fingerprint density at radius 1 is 0.973 bits per heavy atom. The van der Waals surface area contributed by atoms with E-state index in [0.29, 0.717) is 46.8 Å². The maximum atomic E-state index is 13.6. The van der Waals surface area contributed by atoms with E-state index in [0.717, 1.165) is 23.4 Å². The average molecular weight is 520 g/mol. The summed E-state index contributed by atoms with van der Waals surface area (Å²) >= 11 is 6.13. The van der Waals surface area contributed by atoms with Crippen LogP contribution in [-0.2, 0) is 6.54 Å². The van der Waals surface area contributed by atoms with Crippen molar-refractivity contribution in [2.45, 2.75) is 26.8 Å². The van der Waals surface area contributed by atoms with E-state index >= 15 is 0 Å². The number of carbonyl (C=O) groups excluding carboxylic acids is 1. The summed E-state index contributed by atoms with van der Waals surface area (Å²) in [6.45, 7) is 4.84. The Balaban J connectivity index is 1.78. The lowest BCUT2D eigenvalue weighted by Crippen LogP contribution is -2.31. The van der Waals surface area contributed by atoms with Crippen LogP contribution >= 0.6 is 11.6 Å². The number of benzene rings is 3. The Hall–Kier alpha value is -3.97. The Bertz CT molecular complexity index is 1370. The van der Waals surface area contributed by atoms with E-state index in [-0.39, 0.29) is 5.91 Å². The van der Waals surface area contributed by atoms with E-state index < -0.39 is 0 Å². The molecule has 0 unspecified atom stereocenters. The molecule has 1 amide bonds. The smallest absolute Gasteiger partial charge is 0.254 e. The van der Waals surface area contributed by atoms with Crippen molar-refractivity contribution < 1.29 is 19.0 Å². The number of ether oxygens (including phenoxy) is 3. The number of rotatable bonds is 10. The second-order valence-corrected chi connectivity index (χ2v) is 8.91. The minimum absolute atomic E-state index is 0.0948. The lowest BCUT2D eigenvalue weighted by molar-refractivity contribution is 0.0741. The number of aromatic nitrogens is 2. The second-order valence-electron chi connectivity index (χ2n) is 8.47. The van der Waals surface area contributed by atoms with E-state index in [1.807, 2.05) is 62.4 Å². The van der Waals surface area contributed by atoms with Gasteiger partial charge in [0, 0.05) is 17.1 Å². The number of para-hydroxylation sites is 2. The highest BCUT2D eigenvalue weighted by molar-refractivity contribution is 6.30. The molecule has 1 aromatic heterocycles. The fraction of sp³-hybridized carbons (Fsp3) is 0.241. The molecule has 0 atom stereocenters. The fourth-order valence-corrected chi connectivity index (χ4v) is 4.17. The Morgan fingerprint density at radius 3 is 2.38 bits per heavy atom. The Morgan fingerprint density at radius 2 is 1.70 bits per heavy atom. The molecule has 37 heavy (non-hydrogen) atoms. The van der Waals surface area contributed by atoms with Gasteiger partial charge in [0.25, 0.3) is 5.91 Å². The first-order chi connectivity index (χ1) is 17.9. The molecule has 8 heteroatoms. The molecule has 4 rings (SSSR count). The molecule has 1 heterocycles. The van der Waals surface area contributed by atoms with Gasteiger partial charge in [-0.25, -0.2) is 4.68 Å². The lowest BCUT2D eigenvalue weighted by Gasteiger charge is -2.23. The number of carbonyl (C=O) groups is 1. The van der Waals surface area contributed by atoms with Gasteiger partial charge in [0.2, 0.25) is 5.88 Å². The van der Waals surface area contributed by atoms with Crippen LogP contribution in [0, 0.1) is 6.92 Å². The molecule has 4 aromatic rings. The van der Waals surface area contributed by atoms with Gasteiger partial charge in [0.1, 0.15) is 5.75 Å². The third kappa shape index (κ3) is 5.89. The normalized spacial score (nSPS) is 10.7. The summed E-state index contributed by atoms with van der Waals surface area (Å²) in [5.41, 5.74) is 2.89. The van der Waals surface area contributed by atoms with Crippen molar-refractivity contribution >= 4 is 17.5 Å². The van der Waals surface area contributed by atoms with Gasteiger partial charge in [-0.05, 0) is 67.9 Å². The van der Waals surface area contributed by atoms with E-state index in [1.54, 1.807) is 48.1 Å². The van der Waals surface area contributed by atoms with Gasteiger partial charge in [-0.15, -0.1) is 0 Å². The van der Waals surface area contributed by atoms with E-state index in [4.69, 9.17) is 30.9 Å². The molecular formula is C29H30ClN3O4. The van der Waals surface area contributed by atoms with Crippen LogP contribution in [0.4, 0.5) is 0 Å². The number of hydrogen-bond acceptors (Lipinski definition) is 5. The van der Waals surface area contributed by atoms with Crippen LogP contribution < -0.4 is 14.2 Å². The summed E-state index contributed by atoms with van der Waals surface area (Å²) in [4.78, 5) is 15.4. The molecule has 0 saturated heterocycles. The molecule has 0 bridgehead atoms. The average Bonchev–Trinajstić information content (AvgIpc) is 3.23. The zero-order chi connectivity index (χ0) is 26.4. The van der Waals surface area contributed by atoms with E-state index in [9.17, 15) is 4.79 Å². The number of methoxy groups -OCH3 is 2. The molecule has 192 valence electrons. The molecule has 0 aliphatic rings. The largest absolute Gasteiger partial charge is 0.497 e. The first-order valence-corrected chi connectivity index (χ1v) is 12.4. The summed E-state index contributed by atoms with van der Waals surface area (Å²) in [6, 6.07) is 22.0. The van der Waals surface area contributed by atoms with E-state index in [1.165, 1.54) is 0 Å². The van der Waals surface area contributed by atoms with Crippen molar-refractivity contribution in [1.82, 2.24) is 14.7 Å². The van der Waals surface area contributed by atoms with Gasteiger partial charge < -0.3 is 19.1 Å². The molecule has 7 nitrogen and oxygen atoms in total. The maximum Gasteiger partial charge on any atom is 0.254 e. The number of hydrogen-bond donors (Lipinski definition) is 0. The molecule has 0 aliphatic carbocycles. The van der Waals surface area contributed by atoms with Crippen LogP contribution in [0.25, 0.3) is 5.69 Å². The zero-order valence-corrected chi connectivity index (χ0v) is 22.2. The van der Waals surface area contributed by atoms with Crippen LogP contribution in [0.1, 0.15) is 35.0 Å². The first-order valence-electron chi connectivity index (χ1n) is 12.0. The first kappa shape index (κ1) is 26.1. The molecule has 0 saturated carbocycles. The third-order valence-corrected chi connectivity index (χ3v) is 6.18. The summed E-state index contributed by atoms with van der Waals surface area (Å²) < 4.78 is 19.0. The van der Waals surface area contributed by atoms with Crippen LogP contribution in [0.5, 0.6) is 23.1 Å². The van der Waals surface area contributed by atoms with Crippen molar-refractivity contribution in [1.29, 1.82) is 0 Å². The summed E-state index contributed by atoms with van der Waals surface area (Å²) in [5, 5.41) is 5.41. The highest BCUT2D eigenvalue weighted by Crippen LogP contribution is 2.36. The van der Waals surface area contributed by atoms with Crippen molar-refractivity contribution in [3.63, 3.8) is 0 Å². The predicted molar refractivity (Wildman–Crippen MR) is 144 cm³/mol. The number of amides is 1. The van der Waals surface area contributed by atoms with Gasteiger partial charge >= 0.3 is 0 Å². The van der Waals surface area contributed by atoms with Crippen LogP contribution in [-0.4, -0.2) is 41.4 Å². The van der Waals surface area contributed by atoms with E-state index in [2.05, 4.69) is 0 Å². The minimum atomic E-state index is -0.0948. The number of nitrogens with zero attached hydrogens (tertiary/aromatic N) is 3. The molecule has 0 fully saturated rings. The maximum absolute atomic E-state index is 13.6. The summed E-state index contributed by atoms with van der Waals surface area (Å²) in [5.74, 6) is 2.18. The lowest BCUT2D eigenvalue weighted by atomic mass is 10.1. The topological polar surface area (TPSA) is 65.8 Å². The molecule has 0 N–H and O–H groups in total. The van der Waals surface area contributed by atoms with Crippen molar-refractivity contribution in [3.05, 3.63) is 94.6 Å². The monoisotopic (exact) mass is 519 g/mol. The number of aryl methyl sites for hydroxylation is 1. The van der Waals surface area contributed by atoms with Gasteiger partial charge in [-0.3, -0.25) is 4.79 Å². The summed E-state index contributed by atoms with van der Waals surface area (Å²) in [6.07, 6.45) is 0.794. The molecule has 0 spiro atoms. The molecule has 0 aliphatic heterocycles. The molecule has 0 radical (unpaired) electrons. The quantitative estimate of drug-likeness (QED) is 0.233. The minimum Gasteiger partial charge on any atom is -0.497 e. The Kier molecular flexibility index (Phi) is 8.36. The Labute approximate surface area is 222 Å². The van der Waals surface area contributed by atoms with Crippen LogP contribution in [0.15, 0.2) is 72.8 Å². The zero-order valence-electron chi connectivity index (χ0n) is 21.4. The van der Waals surface area contributed by atoms with Gasteiger partial charge in [0.15, 0.2) is 11.5 Å². The van der Waals surface area contributed by atoms with Crippen LogP contribution in [0.3, 0.4) is 0 Å². The third-order valence-electron chi connectivity index (χ3n) is 5.93. The van der Waals surface area contributed by atoms with Crippen molar-refractivity contribution in [2.75, 3.05) is 20.8 Å². The van der Waals surface area contributed by atoms with Gasteiger partial charge in [-0.2, -0.15) is 5.10 Å². The van der Waals surface area contributed by atoms with Crippen molar-refractivity contribution in [2.24, 2.45) is 0 Å². The fourth-order valence-electron chi connectivity index (χ4n) is 4.04. The molecular weight excluding hydrogens is 490 g/mol.